The van der Waals surface area contributed by atoms with Crippen molar-refractivity contribution in [2.75, 3.05) is 30.0 Å². The van der Waals surface area contributed by atoms with Crippen molar-refractivity contribution in [2.24, 2.45) is 0 Å². The van der Waals surface area contributed by atoms with Gasteiger partial charge in [-0.25, -0.2) is 9.97 Å². The van der Waals surface area contributed by atoms with Gasteiger partial charge in [0.2, 0.25) is 5.95 Å². The van der Waals surface area contributed by atoms with Crippen LogP contribution in [0.1, 0.15) is 0 Å². The number of hydrogen-bond acceptors (Lipinski definition) is 7. The van der Waals surface area contributed by atoms with Crippen LogP contribution in [-0.2, 0) is 4.74 Å². The summed E-state index contributed by atoms with van der Waals surface area (Å²) in [5, 5.41) is 22.4. The molecule has 0 radical (unpaired) electrons. The Kier molecular flexibility index (Phi) is 5.65. The van der Waals surface area contributed by atoms with Gasteiger partial charge in [-0.15, -0.1) is 0 Å². The predicted molar refractivity (Wildman–Crippen MR) is 74.6 cm³/mol. The third-order valence-electron chi connectivity index (χ3n) is 2.69. The number of aliphatic hydroxyl groups is 2. The van der Waals surface area contributed by atoms with Crippen molar-refractivity contribution >= 4 is 29.3 Å². The SMILES string of the molecule is O[C@@H]1[C@H](O)CO[C@H]1CSCCNc1nccc(Cl)n1. The maximum absolute atomic E-state index is 9.58. The zero-order chi connectivity index (χ0) is 13.7. The van der Waals surface area contributed by atoms with Gasteiger partial charge in [0.1, 0.15) is 17.4 Å². The summed E-state index contributed by atoms with van der Waals surface area (Å²) in [5.41, 5.74) is 0. The molecule has 1 aliphatic rings. The fraction of sp³-hybridized carbons (Fsp3) is 0.636. The largest absolute Gasteiger partial charge is 0.388 e. The summed E-state index contributed by atoms with van der Waals surface area (Å²) >= 11 is 7.37. The summed E-state index contributed by atoms with van der Waals surface area (Å²) in [7, 11) is 0. The van der Waals surface area contributed by atoms with E-state index in [2.05, 4.69) is 15.3 Å². The summed E-state index contributed by atoms with van der Waals surface area (Å²) < 4.78 is 5.27. The Morgan fingerprint density at radius 2 is 2.37 bits per heavy atom. The zero-order valence-electron chi connectivity index (χ0n) is 10.2. The molecule has 8 heteroatoms. The van der Waals surface area contributed by atoms with Crippen molar-refractivity contribution in [3.63, 3.8) is 0 Å². The van der Waals surface area contributed by atoms with Crippen molar-refractivity contribution in [1.82, 2.24) is 9.97 Å². The first kappa shape index (κ1) is 14.8. The summed E-state index contributed by atoms with van der Waals surface area (Å²) in [6.45, 7) is 0.900. The van der Waals surface area contributed by atoms with E-state index >= 15 is 0 Å². The van der Waals surface area contributed by atoms with Gasteiger partial charge in [0.15, 0.2) is 0 Å². The average molecular weight is 306 g/mol. The number of aliphatic hydroxyl groups excluding tert-OH is 2. The van der Waals surface area contributed by atoms with E-state index in [4.69, 9.17) is 16.3 Å². The highest BCUT2D eigenvalue weighted by molar-refractivity contribution is 7.99. The van der Waals surface area contributed by atoms with Gasteiger partial charge in [-0.3, -0.25) is 0 Å². The number of thioether (sulfide) groups is 1. The maximum atomic E-state index is 9.58. The lowest BCUT2D eigenvalue weighted by molar-refractivity contribution is 0.0337. The first-order valence-electron chi connectivity index (χ1n) is 5.94. The predicted octanol–water partition coefficient (Wildman–Crippen LogP) is 0.396. The van der Waals surface area contributed by atoms with Gasteiger partial charge in [-0.1, -0.05) is 11.6 Å². The topological polar surface area (TPSA) is 87.5 Å². The molecule has 2 heterocycles. The van der Waals surface area contributed by atoms with Crippen molar-refractivity contribution in [2.45, 2.75) is 18.3 Å². The summed E-state index contributed by atoms with van der Waals surface area (Å²) in [6, 6.07) is 1.62. The van der Waals surface area contributed by atoms with Crippen LogP contribution in [0.15, 0.2) is 12.3 Å². The van der Waals surface area contributed by atoms with E-state index in [0.717, 1.165) is 5.75 Å². The highest BCUT2D eigenvalue weighted by Gasteiger charge is 2.33. The van der Waals surface area contributed by atoms with Gasteiger partial charge >= 0.3 is 0 Å². The molecule has 1 aliphatic heterocycles. The van der Waals surface area contributed by atoms with E-state index in [-0.39, 0.29) is 12.7 Å². The van der Waals surface area contributed by atoms with E-state index < -0.39 is 12.2 Å². The molecule has 0 amide bonds. The Morgan fingerprint density at radius 1 is 1.53 bits per heavy atom. The van der Waals surface area contributed by atoms with Crippen LogP contribution in [0.25, 0.3) is 0 Å². The van der Waals surface area contributed by atoms with Gasteiger partial charge < -0.3 is 20.3 Å². The monoisotopic (exact) mass is 305 g/mol. The minimum Gasteiger partial charge on any atom is -0.388 e. The number of nitrogens with one attached hydrogen (secondary N) is 1. The lowest BCUT2D eigenvalue weighted by Crippen LogP contribution is -2.31. The summed E-state index contributed by atoms with van der Waals surface area (Å²) in [6.07, 6.45) is -0.239. The van der Waals surface area contributed by atoms with Crippen molar-refractivity contribution in [1.29, 1.82) is 0 Å². The molecule has 3 atom stereocenters. The van der Waals surface area contributed by atoms with Crippen molar-refractivity contribution in [3.05, 3.63) is 17.4 Å². The number of hydrogen-bond donors (Lipinski definition) is 3. The quantitative estimate of drug-likeness (QED) is 0.518. The van der Waals surface area contributed by atoms with Gasteiger partial charge in [-0.2, -0.15) is 11.8 Å². The van der Waals surface area contributed by atoms with E-state index in [9.17, 15) is 10.2 Å². The number of nitrogens with zero attached hydrogens (tertiary/aromatic N) is 2. The molecule has 1 aromatic heterocycles. The van der Waals surface area contributed by atoms with E-state index in [0.29, 0.717) is 23.4 Å². The van der Waals surface area contributed by atoms with Gasteiger partial charge in [-0.05, 0) is 6.07 Å². The number of rotatable bonds is 6. The Labute approximate surface area is 120 Å². The zero-order valence-corrected chi connectivity index (χ0v) is 11.8. The van der Waals surface area contributed by atoms with Crippen LogP contribution in [0.2, 0.25) is 5.15 Å². The molecule has 0 saturated carbocycles. The second-order valence-corrected chi connectivity index (χ2v) is 5.67. The van der Waals surface area contributed by atoms with Gasteiger partial charge in [0.05, 0.1) is 12.7 Å². The number of ether oxygens (including phenoxy) is 1. The highest BCUT2D eigenvalue weighted by Crippen LogP contribution is 2.18. The highest BCUT2D eigenvalue weighted by atomic mass is 35.5. The number of aromatic nitrogens is 2. The fourth-order valence-corrected chi connectivity index (χ4v) is 2.75. The molecule has 0 bridgehead atoms. The molecule has 2 rings (SSSR count). The number of anilines is 1. The van der Waals surface area contributed by atoms with Crippen LogP contribution in [0.4, 0.5) is 5.95 Å². The van der Waals surface area contributed by atoms with E-state index in [1.807, 2.05) is 0 Å². The van der Waals surface area contributed by atoms with Gasteiger partial charge in [0.25, 0.3) is 0 Å². The molecule has 106 valence electrons. The molecule has 1 saturated heterocycles. The molecule has 3 N–H and O–H groups in total. The van der Waals surface area contributed by atoms with Crippen molar-refractivity contribution in [3.8, 4) is 0 Å². The molecule has 0 unspecified atom stereocenters. The molecular weight excluding hydrogens is 290 g/mol. The smallest absolute Gasteiger partial charge is 0.224 e. The molecular formula is C11H16ClN3O3S. The molecule has 0 aliphatic carbocycles. The normalized spacial score (nSPS) is 26.6. The fourth-order valence-electron chi connectivity index (χ4n) is 1.67. The molecule has 1 fully saturated rings. The average Bonchev–Trinajstić information content (AvgIpc) is 2.70. The third-order valence-corrected chi connectivity index (χ3v) is 3.96. The Balaban J connectivity index is 1.60. The minimum absolute atomic E-state index is 0.209. The Bertz CT molecular complexity index is 413. The molecule has 0 aromatic carbocycles. The first-order chi connectivity index (χ1) is 9.16. The lowest BCUT2D eigenvalue weighted by Gasteiger charge is -2.14. The van der Waals surface area contributed by atoms with Crippen molar-refractivity contribution < 1.29 is 14.9 Å². The summed E-state index contributed by atoms with van der Waals surface area (Å²) in [4.78, 5) is 8.03. The molecule has 1 aromatic rings. The van der Waals surface area contributed by atoms with E-state index in [1.165, 1.54) is 0 Å². The minimum atomic E-state index is -0.781. The van der Waals surface area contributed by atoms with Gasteiger partial charge in [0, 0.05) is 24.2 Å². The van der Waals surface area contributed by atoms with Crippen LogP contribution in [0.5, 0.6) is 0 Å². The van der Waals surface area contributed by atoms with Crippen LogP contribution in [0, 0.1) is 0 Å². The first-order valence-corrected chi connectivity index (χ1v) is 7.48. The second kappa shape index (κ2) is 7.25. The van der Waals surface area contributed by atoms with E-state index in [1.54, 1.807) is 24.0 Å². The Hall–Kier alpha value is -0.600. The molecule has 6 nitrogen and oxygen atoms in total. The number of halogens is 1. The van der Waals surface area contributed by atoms with Crippen LogP contribution in [0.3, 0.4) is 0 Å². The maximum Gasteiger partial charge on any atom is 0.224 e. The third kappa shape index (κ3) is 4.47. The Morgan fingerprint density at radius 3 is 3.05 bits per heavy atom. The van der Waals surface area contributed by atoms with Crippen LogP contribution >= 0.6 is 23.4 Å². The van der Waals surface area contributed by atoms with Crippen LogP contribution in [-0.4, -0.2) is 63.2 Å². The van der Waals surface area contributed by atoms with Crippen LogP contribution < -0.4 is 5.32 Å². The molecule has 0 spiro atoms. The second-order valence-electron chi connectivity index (χ2n) is 4.13. The molecule has 19 heavy (non-hydrogen) atoms. The lowest BCUT2D eigenvalue weighted by atomic mass is 10.2. The summed E-state index contributed by atoms with van der Waals surface area (Å²) in [5.74, 6) is 1.97. The standard InChI is InChI=1S/C11H16ClN3O3S/c12-9-1-2-13-11(15-9)14-3-4-19-6-8-10(17)7(16)5-18-8/h1-2,7-8,10,16-17H,3-6H2,(H,13,14,15)/t7-,8+,10-/m1/s1.